The summed E-state index contributed by atoms with van der Waals surface area (Å²) in [5.41, 5.74) is 0.440. The number of nitrogens with zero attached hydrogens (tertiary/aromatic N) is 2. The highest BCUT2D eigenvalue weighted by molar-refractivity contribution is 6.00. The summed E-state index contributed by atoms with van der Waals surface area (Å²) in [5.74, 6) is -1.10. The molecule has 0 aliphatic heterocycles. The number of hydrogen-bond donors (Lipinski definition) is 0. The number of carbonyl (C=O) groups excluding carboxylic acids is 3. The summed E-state index contributed by atoms with van der Waals surface area (Å²) in [6.45, 7) is 3.98. The van der Waals surface area contributed by atoms with Crippen LogP contribution in [0.1, 0.15) is 27.6 Å². The molecule has 0 saturated carbocycles. The molecule has 0 bridgehead atoms. The van der Waals surface area contributed by atoms with Gasteiger partial charge in [-0.25, -0.2) is 0 Å². The van der Waals surface area contributed by atoms with Gasteiger partial charge in [0, 0.05) is 72.7 Å². The number of esters is 1. The number of carbonyl (C=O) groups is 3. The average Bonchev–Trinajstić information content (AvgIpc) is 2.77. The maximum Gasteiger partial charge on any atom is 0.308 e. The Morgan fingerprint density at radius 3 is 1.28 bits per heavy atom. The zero-order chi connectivity index (χ0) is 23.9. The number of ether oxygens (including phenoxy) is 5. The van der Waals surface area contributed by atoms with E-state index in [1.165, 1.54) is 25.1 Å². The van der Waals surface area contributed by atoms with Crippen molar-refractivity contribution in [2.75, 3.05) is 81.0 Å². The second-order valence-electron chi connectivity index (χ2n) is 6.90. The summed E-state index contributed by atoms with van der Waals surface area (Å²) in [7, 11) is 6.19. The number of amides is 2. The third-order valence-electron chi connectivity index (χ3n) is 4.50. The fraction of sp³-hybridized carbons (Fsp3) is 0.591. The van der Waals surface area contributed by atoms with Crippen LogP contribution < -0.4 is 4.74 Å². The van der Waals surface area contributed by atoms with Crippen LogP contribution in [0.25, 0.3) is 0 Å². The molecule has 0 aliphatic carbocycles. The van der Waals surface area contributed by atoms with Gasteiger partial charge in [-0.05, 0) is 18.2 Å². The first-order valence-electron chi connectivity index (χ1n) is 10.3. The molecule has 1 rings (SSSR count). The molecule has 0 saturated heterocycles. The molecule has 0 fully saturated rings. The van der Waals surface area contributed by atoms with Gasteiger partial charge in [-0.15, -0.1) is 0 Å². The summed E-state index contributed by atoms with van der Waals surface area (Å²) in [5, 5.41) is 0. The van der Waals surface area contributed by atoms with E-state index in [0.717, 1.165) is 0 Å². The summed E-state index contributed by atoms with van der Waals surface area (Å²) in [6.07, 6.45) is 0. The van der Waals surface area contributed by atoms with Crippen LogP contribution in [0, 0.1) is 0 Å². The van der Waals surface area contributed by atoms with Gasteiger partial charge < -0.3 is 33.5 Å². The van der Waals surface area contributed by atoms with Gasteiger partial charge in [0.25, 0.3) is 11.8 Å². The van der Waals surface area contributed by atoms with Crippen molar-refractivity contribution in [3.05, 3.63) is 29.3 Å². The quantitative estimate of drug-likeness (QED) is 0.287. The molecule has 1 aromatic carbocycles. The van der Waals surface area contributed by atoms with Crippen molar-refractivity contribution in [3.63, 3.8) is 0 Å². The molecule has 180 valence electrons. The van der Waals surface area contributed by atoms with Crippen LogP contribution in [0.2, 0.25) is 0 Å². The van der Waals surface area contributed by atoms with Crippen LogP contribution in [-0.2, 0) is 23.7 Å². The Labute approximate surface area is 189 Å². The smallest absolute Gasteiger partial charge is 0.308 e. The molecule has 1 aromatic rings. The number of hydrogen-bond acceptors (Lipinski definition) is 8. The van der Waals surface area contributed by atoms with Crippen LogP contribution in [0.5, 0.6) is 5.75 Å². The Hall–Kier alpha value is -2.53. The molecule has 0 unspecified atom stereocenters. The standard InChI is InChI=1S/C22H34N2O8/c1-17(25)32-20-15-18(21(26)23(6-10-28-2)7-11-29-3)14-19(16-20)22(27)24(8-12-30-4)9-13-31-5/h14-16H,6-13H2,1-5H3. The van der Waals surface area contributed by atoms with Crippen LogP contribution in [0.4, 0.5) is 0 Å². The minimum atomic E-state index is -0.556. The summed E-state index contributed by atoms with van der Waals surface area (Å²) in [4.78, 5) is 41.0. The molecular formula is C22H34N2O8. The average molecular weight is 455 g/mol. The van der Waals surface area contributed by atoms with E-state index in [2.05, 4.69) is 0 Å². The topological polar surface area (TPSA) is 104 Å². The predicted molar refractivity (Wildman–Crippen MR) is 117 cm³/mol. The van der Waals surface area contributed by atoms with Crippen LogP contribution in [0.3, 0.4) is 0 Å². The highest BCUT2D eigenvalue weighted by Gasteiger charge is 2.22. The summed E-state index contributed by atoms with van der Waals surface area (Å²) < 4.78 is 25.6. The van der Waals surface area contributed by atoms with Crippen LogP contribution in [-0.4, -0.2) is 109 Å². The molecule has 0 atom stereocenters. The Morgan fingerprint density at radius 1 is 0.656 bits per heavy atom. The first-order chi connectivity index (χ1) is 15.4. The molecule has 0 aliphatic rings. The van der Waals surface area contributed by atoms with Crippen molar-refractivity contribution >= 4 is 17.8 Å². The minimum Gasteiger partial charge on any atom is -0.427 e. The second kappa shape index (κ2) is 15.3. The van der Waals surface area contributed by atoms with E-state index in [1.54, 1.807) is 38.2 Å². The maximum atomic E-state index is 13.2. The zero-order valence-corrected chi connectivity index (χ0v) is 19.5. The lowest BCUT2D eigenvalue weighted by Crippen LogP contribution is -2.38. The SMILES string of the molecule is COCCN(CCOC)C(=O)c1cc(OC(C)=O)cc(C(=O)N(CCOC)CCOC)c1. The van der Waals surface area contributed by atoms with Crippen molar-refractivity contribution in [2.45, 2.75) is 6.92 Å². The van der Waals surface area contributed by atoms with Crippen molar-refractivity contribution in [3.8, 4) is 5.75 Å². The fourth-order valence-electron chi connectivity index (χ4n) is 2.87. The van der Waals surface area contributed by atoms with Crippen molar-refractivity contribution in [2.24, 2.45) is 0 Å². The van der Waals surface area contributed by atoms with Gasteiger partial charge in [0.2, 0.25) is 0 Å². The van der Waals surface area contributed by atoms with Gasteiger partial charge in [0.15, 0.2) is 0 Å². The van der Waals surface area contributed by atoms with E-state index in [0.29, 0.717) is 52.6 Å². The second-order valence-corrected chi connectivity index (χ2v) is 6.90. The Balaban J connectivity index is 3.31. The van der Waals surface area contributed by atoms with Crippen molar-refractivity contribution < 1.29 is 38.1 Å². The molecular weight excluding hydrogens is 420 g/mol. The highest BCUT2D eigenvalue weighted by Crippen LogP contribution is 2.21. The van der Waals surface area contributed by atoms with E-state index in [-0.39, 0.29) is 28.7 Å². The van der Waals surface area contributed by atoms with Gasteiger partial charge in [-0.1, -0.05) is 0 Å². The predicted octanol–water partition coefficient (Wildman–Crippen LogP) is 1.08. The van der Waals surface area contributed by atoms with Gasteiger partial charge in [-0.2, -0.15) is 0 Å². The monoisotopic (exact) mass is 454 g/mol. The normalized spacial score (nSPS) is 10.7. The molecule has 2 amide bonds. The summed E-state index contributed by atoms with van der Waals surface area (Å²) in [6, 6.07) is 4.39. The van der Waals surface area contributed by atoms with Crippen LogP contribution >= 0.6 is 0 Å². The molecule has 0 N–H and O–H groups in total. The molecule has 10 nitrogen and oxygen atoms in total. The van der Waals surface area contributed by atoms with Crippen molar-refractivity contribution in [1.82, 2.24) is 9.80 Å². The van der Waals surface area contributed by atoms with E-state index in [1.807, 2.05) is 0 Å². The third-order valence-corrected chi connectivity index (χ3v) is 4.50. The first kappa shape index (κ1) is 27.5. The Morgan fingerprint density at radius 2 is 1.00 bits per heavy atom. The van der Waals surface area contributed by atoms with Crippen LogP contribution in [0.15, 0.2) is 18.2 Å². The molecule has 10 heteroatoms. The van der Waals surface area contributed by atoms with E-state index in [4.69, 9.17) is 23.7 Å². The largest absolute Gasteiger partial charge is 0.427 e. The molecule has 0 spiro atoms. The molecule has 0 radical (unpaired) electrons. The lowest BCUT2D eigenvalue weighted by atomic mass is 10.1. The van der Waals surface area contributed by atoms with Gasteiger partial charge in [0.05, 0.1) is 26.4 Å². The lowest BCUT2D eigenvalue weighted by Gasteiger charge is -2.24. The Bertz CT molecular complexity index is 674. The third kappa shape index (κ3) is 9.31. The number of benzene rings is 1. The van der Waals surface area contributed by atoms with E-state index < -0.39 is 5.97 Å². The first-order valence-corrected chi connectivity index (χ1v) is 10.3. The molecule has 32 heavy (non-hydrogen) atoms. The number of rotatable bonds is 15. The van der Waals surface area contributed by atoms with Gasteiger partial charge in [-0.3, -0.25) is 14.4 Å². The summed E-state index contributed by atoms with van der Waals surface area (Å²) >= 11 is 0. The Kier molecular flexibility index (Phi) is 13.2. The number of methoxy groups -OCH3 is 4. The van der Waals surface area contributed by atoms with E-state index in [9.17, 15) is 14.4 Å². The fourth-order valence-corrected chi connectivity index (χ4v) is 2.87. The maximum absolute atomic E-state index is 13.2. The van der Waals surface area contributed by atoms with Gasteiger partial charge in [0.1, 0.15) is 5.75 Å². The molecule has 0 heterocycles. The highest BCUT2D eigenvalue weighted by atomic mass is 16.5. The lowest BCUT2D eigenvalue weighted by molar-refractivity contribution is -0.131. The van der Waals surface area contributed by atoms with Crippen molar-refractivity contribution in [1.29, 1.82) is 0 Å². The zero-order valence-electron chi connectivity index (χ0n) is 19.5. The van der Waals surface area contributed by atoms with Gasteiger partial charge >= 0.3 is 5.97 Å². The minimum absolute atomic E-state index is 0.114. The molecule has 0 aromatic heterocycles. The van der Waals surface area contributed by atoms with E-state index >= 15 is 0 Å².